The number of fused-ring (bicyclic) bond motifs is 1. The van der Waals surface area contributed by atoms with E-state index in [9.17, 15) is 14.0 Å². The molecule has 1 aromatic heterocycles. The van der Waals surface area contributed by atoms with Gasteiger partial charge in [0.1, 0.15) is 12.5 Å². The molecule has 0 saturated carbocycles. The van der Waals surface area contributed by atoms with Crippen molar-refractivity contribution in [2.45, 2.75) is 6.54 Å². The second kappa shape index (κ2) is 9.56. The van der Waals surface area contributed by atoms with Crippen molar-refractivity contribution in [2.75, 3.05) is 37.7 Å². The molecule has 2 aliphatic rings. The number of amides is 2. The van der Waals surface area contributed by atoms with Gasteiger partial charge in [0.2, 0.25) is 0 Å². The van der Waals surface area contributed by atoms with Gasteiger partial charge in [-0.15, -0.1) is 11.3 Å². The normalized spacial score (nSPS) is 15.4. The number of thiophene rings is 1. The van der Waals surface area contributed by atoms with E-state index < -0.39 is 0 Å². The van der Waals surface area contributed by atoms with Gasteiger partial charge in [-0.2, -0.15) is 0 Å². The van der Waals surface area contributed by atoms with Crippen LogP contribution in [0.25, 0.3) is 0 Å². The molecule has 0 radical (unpaired) electrons. The molecule has 0 aliphatic carbocycles. The average molecular weight is 497 g/mol. The van der Waals surface area contributed by atoms with Gasteiger partial charge in [0.25, 0.3) is 11.8 Å². The lowest BCUT2D eigenvalue weighted by Crippen LogP contribution is -2.50. The molecule has 2 aliphatic heterocycles. The molecule has 1 fully saturated rings. The van der Waals surface area contributed by atoms with Gasteiger partial charge in [-0.3, -0.25) is 14.6 Å². The Labute approximate surface area is 205 Å². The number of hydrogen-bond acceptors (Lipinski definition) is 5. The fraction of sp³-hybridized carbons (Fsp3) is 0.240. The summed E-state index contributed by atoms with van der Waals surface area (Å²) >= 11 is 7.70. The van der Waals surface area contributed by atoms with Crippen LogP contribution in [0.1, 0.15) is 31.2 Å². The molecule has 1 saturated heterocycles. The van der Waals surface area contributed by atoms with E-state index in [2.05, 4.69) is 4.99 Å². The van der Waals surface area contributed by atoms with Crippen molar-refractivity contribution in [3.8, 4) is 0 Å². The van der Waals surface area contributed by atoms with E-state index in [0.717, 1.165) is 11.3 Å². The van der Waals surface area contributed by atoms with Crippen LogP contribution in [0.2, 0.25) is 5.02 Å². The van der Waals surface area contributed by atoms with Crippen LogP contribution in [0, 0.1) is 5.82 Å². The minimum Gasteiger partial charge on any atom is -0.347 e. The predicted molar refractivity (Wildman–Crippen MR) is 133 cm³/mol. The van der Waals surface area contributed by atoms with E-state index in [1.54, 1.807) is 28.1 Å². The minimum absolute atomic E-state index is 0.00394. The van der Waals surface area contributed by atoms with Gasteiger partial charge in [0.15, 0.2) is 0 Å². The summed E-state index contributed by atoms with van der Waals surface area (Å²) in [5.74, 6) is -0.540. The Balaban J connectivity index is 1.28. The summed E-state index contributed by atoms with van der Waals surface area (Å²) in [6.07, 6.45) is 1.73. The zero-order chi connectivity index (χ0) is 23.7. The van der Waals surface area contributed by atoms with Crippen molar-refractivity contribution in [3.05, 3.63) is 86.3 Å². The number of halogens is 2. The standard InChI is InChI=1S/C25H22ClFN4O2S/c26-20-3-1-4-22-19(20)14-28-16-31(22)15-18-13-17(6-7-21(18)27)24(32)29-8-10-30(11-9-29)25(33)23-5-2-12-34-23/h1-7,12-14H,8-11,15-16H2. The molecule has 5 rings (SSSR count). The van der Waals surface area contributed by atoms with Crippen molar-refractivity contribution in [1.29, 1.82) is 0 Å². The fourth-order valence-electron chi connectivity index (χ4n) is 4.26. The van der Waals surface area contributed by atoms with E-state index in [1.807, 2.05) is 34.5 Å². The molecule has 174 valence electrons. The second-order valence-electron chi connectivity index (χ2n) is 8.19. The summed E-state index contributed by atoms with van der Waals surface area (Å²) in [4.78, 5) is 36.2. The van der Waals surface area contributed by atoms with Gasteiger partial charge >= 0.3 is 0 Å². The van der Waals surface area contributed by atoms with Gasteiger partial charge in [-0.1, -0.05) is 23.7 Å². The van der Waals surface area contributed by atoms with E-state index in [4.69, 9.17) is 11.6 Å². The Kier molecular flexibility index (Phi) is 6.34. The first-order valence-electron chi connectivity index (χ1n) is 10.9. The van der Waals surface area contributed by atoms with E-state index in [1.165, 1.54) is 23.5 Å². The maximum absolute atomic E-state index is 14.7. The number of nitrogens with zero attached hydrogens (tertiary/aromatic N) is 4. The lowest BCUT2D eigenvalue weighted by Gasteiger charge is -2.34. The van der Waals surface area contributed by atoms with Gasteiger partial charge in [-0.25, -0.2) is 4.39 Å². The van der Waals surface area contributed by atoms with Gasteiger partial charge in [0, 0.05) is 61.3 Å². The van der Waals surface area contributed by atoms with Gasteiger partial charge in [0.05, 0.1) is 9.90 Å². The first-order chi connectivity index (χ1) is 16.5. The number of piperazine rings is 1. The molecule has 3 aromatic rings. The van der Waals surface area contributed by atoms with Crippen LogP contribution < -0.4 is 4.90 Å². The van der Waals surface area contributed by atoms with E-state index >= 15 is 0 Å². The van der Waals surface area contributed by atoms with Crippen LogP contribution in [-0.2, 0) is 6.54 Å². The molecule has 0 spiro atoms. The quantitative estimate of drug-likeness (QED) is 0.533. The maximum Gasteiger partial charge on any atom is 0.264 e. The zero-order valence-corrected chi connectivity index (χ0v) is 19.9. The molecule has 0 unspecified atom stereocenters. The van der Waals surface area contributed by atoms with E-state index in [-0.39, 0.29) is 24.2 Å². The molecule has 34 heavy (non-hydrogen) atoms. The topological polar surface area (TPSA) is 56.2 Å². The Hall–Kier alpha value is -3.23. The summed E-state index contributed by atoms with van der Waals surface area (Å²) < 4.78 is 14.7. The van der Waals surface area contributed by atoms with Crippen molar-refractivity contribution >= 4 is 46.7 Å². The summed E-state index contributed by atoms with van der Waals surface area (Å²) in [5, 5.41) is 2.47. The zero-order valence-electron chi connectivity index (χ0n) is 18.3. The Morgan fingerprint density at radius 3 is 2.50 bits per heavy atom. The lowest BCUT2D eigenvalue weighted by molar-refractivity contribution is 0.0538. The maximum atomic E-state index is 14.7. The summed E-state index contributed by atoms with van der Waals surface area (Å²) in [6.45, 7) is 2.47. The summed E-state index contributed by atoms with van der Waals surface area (Å²) in [7, 11) is 0. The Morgan fingerprint density at radius 2 is 1.76 bits per heavy atom. The molecular formula is C25H22ClFN4O2S. The Morgan fingerprint density at radius 1 is 1.00 bits per heavy atom. The van der Waals surface area contributed by atoms with E-state index in [0.29, 0.717) is 53.9 Å². The van der Waals surface area contributed by atoms with Crippen molar-refractivity contribution in [2.24, 2.45) is 4.99 Å². The summed E-state index contributed by atoms with van der Waals surface area (Å²) in [6, 6.07) is 13.7. The van der Waals surface area contributed by atoms with Crippen LogP contribution >= 0.6 is 22.9 Å². The minimum atomic E-state index is -0.374. The van der Waals surface area contributed by atoms with Crippen molar-refractivity contribution in [1.82, 2.24) is 9.80 Å². The average Bonchev–Trinajstić information content (AvgIpc) is 3.40. The highest BCUT2D eigenvalue weighted by molar-refractivity contribution is 7.12. The molecular weight excluding hydrogens is 475 g/mol. The van der Waals surface area contributed by atoms with Crippen LogP contribution in [0.15, 0.2) is 58.9 Å². The van der Waals surface area contributed by atoms with Crippen LogP contribution in [0.3, 0.4) is 0 Å². The lowest BCUT2D eigenvalue weighted by atomic mass is 10.1. The molecule has 0 N–H and O–H groups in total. The molecule has 2 aromatic carbocycles. The van der Waals surface area contributed by atoms with Crippen LogP contribution in [0.4, 0.5) is 10.1 Å². The molecule has 2 amide bonds. The number of aliphatic imine (C=N–C) groups is 1. The Bertz CT molecular complexity index is 1260. The van der Waals surface area contributed by atoms with Crippen molar-refractivity contribution < 1.29 is 14.0 Å². The SMILES string of the molecule is O=C(c1ccc(F)c(CN2CN=Cc3c(Cl)cccc32)c1)N1CCN(C(=O)c2cccs2)CC1. The second-order valence-corrected chi connectivity index (χ2v) is 9.55. The molecule has 0 bridgehead atoms. The number of anilines is 1. The first kappa shape index (κ1) is 22.6. The molecule has 6 nitrogen and oxygen atoms in total. The largest absolute Gasteiger partial charge is 0.347 e. The number of benzene rings is 2. The number of rotatable bonds is 4. The van der Waals surface area contributed by atoms with Crippen LogP contribution in [0.5, 0.6) is 0 Å². The highest BCUT2D eigenvalue weighted by Crippen LogP contribution is 2.30. The highest BCUT2D eigenvalue weighted by atomic mass is 35.5. The highest BCUT2D eigenvalue weighted by Gasteiger charge is 2.26. The predicted octanol–water partition coefficient (Wildman–Crippen LogP) is 4.54. The van der Waals surface area contributed by atoms with Crippen LogP contribution in [-0.4, -0.2) is 60.7 Å². The number of carbonyl (C=O) groups excluding carboxylic acids is 2. The van der Waals surface area contributed by atoms with Gasteiger partial charge in [-0.05, 0) is 41.8 Å². The number of hydrogen-bond donors (Lipinski definition) is 0. The monoisotopic (exact) mass is 496 g/mol. The van der Waals surface area contributed by atoms with Gasteiger partial charge < -0.3 is 14.7 Å². The third-order valence-electron chi connectivity index (χ3n) is 6.08. The third kappa shape index (κ3) is 4.43. The molecule has 0 atom stereocenters. The first-order valence-corrected chi connectivity index (χ1v) is 12.2. The molecule has 9 heteroatoms. The molecule has 3 heterocycles. The van der Waals surface area contributed by atoms with Crippen molar-refractivity contribution in [3.63, 3.8) is 0 Å². The smallest absolute Gasteiger partial charge is 0.264 e. The third-order valence-corrected chi connectivity index (χ3v) is 7.27. The summed E-state index contributed by atoms with van der Waals surface area (Å²) in [5.41, 5.74) is 2.53. The number of carbonyl (C=O) groups is 2. The fourth-order valence-corrected chi connectivity index (χ4v) is 5.17.